The predicted octanol–water partition coefficient (Wildman–Crippen LogP) is 2.33. The van der Waals surface area contributed by atoms with Gasteiger partial charge in [-0.05, 0) is 31.2 Å². The van der Waals surface area contributed by atoms with Crippen molar-refractivity contribution >= 4 is 0 Å². The van der Waals surface area contributed by atoms with Crippen molar-refractivity contribution in [3.63, 3.8) is 0 Å². The zero-order valence-electron chi connectivity index (χ0n) is 7.26. The van der Waals surface area contributed by atoms with Crippen molar-refractivity contribution in [2.45, 2.75) is 32.1 Å². The highest BCUT2D eigenvalue weighted by Gasteiger charge is 2.19. The highest BCUT2D eigenvalue weighted by atomic mass is 14.6. The van der Waals surface area contributed by atoms with Crippen LogP contribution in [0.25, 0.3) is 0 Å². The van der Waals surface area contributed by atoms with Gasteiger partial charge in [0, 0.05) is 0 Å². The van der Waals surface area contributed by atoms with Crippen LogP contribution < -0.4 is 5.73 Å². The van der Waals surface area contributed by atoms with Crippen LogP contribution in [-0.2, 0) is 0 Å². The van der Waals surface area contributed by atoms with Crippen molar-refractivity contribution in [3.05, 3.63) is 12.7 Å². The molecule has 1 unspecified atom stereocenters. The largest absolute Gasteiger partial charge is 0.330 e. The zero-order valence-corrected chi connectivity index (χ0v) is 7.26. The monoisotopic (exact) mass is 153 g/mol. The molecule has 1 aliphatic carbocycles. The molecular weight excluding hydrogens is 134 g/mol. The fraction of sp³-hybridized carbons (Fsp3) is 0.800. The van der Waals surface area contributed by atoms with Crippen molar-refractivity contribution in [3.8, 4) is 0 Å². The van der Waals surface area contributed by atoms with Gasteiger partial charge in [0.25, 0.3) is 0 Å². The van der Waals surface area contributed by atoms with Gasteiger partial charge in [0.2, 0.25) is 0 Å². The van der Waals surface area contributed by atoms with Crippen molar-refractivity contribution < 1.29 is 0 Å². The minimum absolute atomic E-state index is 0.579. The van der Waals surface area contributed by atoms with Crippen LogP contribution in [0.15, 0.2) is 12.7 Å². The van der Waals surface area contributed by atoms with E-state index in [1.54, 1.807) is 0 Å². The third kappa shape index (κ3) is 2.33. The Morgan fingerprint density at radius 2 is 2.00 bits per heavy atom. The Bertz CT molecular complexity index is 114. The van der Waals surface area contributed by atoms with Crippen LogP contribution in [0.3, 0.4) is 0 Å². The molecule has 1 aliphatic rings. The molecule has 0 aliphatic heterocycles. The molecule has 0 radical (unpaired) electrons. The molecule has 0 bridgehead atoms. The maximum atomic E-state index is 5.64. The maximum absolute atomic E-state index is 5.64. The van der Waals surface area contributed by atoms with Gasteiger partial charge < -0.3 is 5.73 Å². The van der Waals surface area contributed by atoms with Gasteiger partial charge in [-0.2, -0.15) is 0 Å². The first-order valence-electron chi connectivity index (χ1n) is 4.71. The molecule has 11 heavy (non-hydrogen) atoms. The fourth-order valence-corrected chi connectivity index (χ4v) is 2.04. The number of hydrogen-bond donors (Lipinski definition) is 1. The van der Waals surface area contributed by atoms with Gasteiger partial charge in [0.15, 0.2) is 0 Å². The van der Waals surface area contributed by atoms with Crippen LogP contribution in [0.1, 0.15) is 32.1 Å². The summed E-state index contributed by atoms with van der Waals surface area (Å²) in [5.74, 6) is 1.42. The molecule has 1 fully saturated rings. The second-order valence-electron chi connectivity index (χ2n) is 3.53. The quantitative estimate of drug-likeness (QED) is 0.619. The van der Waals surface area contributed by atoms with Crippen molar-refractivity contribution in [1.82, 2.24) is 0 Å². The van der Waals surface area contributed by atoms with E-state index in [9.17, 15) is 0 Å². The van der Waals surface area contributed by atoms with Crippen LogP contribution in [0.5, 0.6) is 0 Å². The van der Waals surface area contributed by atoms with E-state index in [0.29, 0.717) is 5.92 Å². The van der Waals surface area contributed by atoms with Gasteiger partial charge in [-0.15, -0.1) is 6.58 Å². The highest BCUT2D eigenvalue weighted by molar-refractivity contribution is 4.86. The van der Waals surface area contributed by atoms with E-state index in [4.69, 9.17) is 5.73 Å². The minimum atomic E-state index is 0.579. The van der Waals surface area contributed by atoms with Crippen molar-refractivity contribution in [1.29, 1.82) is 0 Å². The Kier molecular flexibility index (Phi) is 3.64. The predicted molar refractivity (Wildman–Crippen MR) is 49.3 cm³/mol. The molecule has 0 spiro atoms. The topological polar surface area (TPSA) is 26.0 Å². The molecule has 64 valence electrons. The van der Waals surface area contributed by atoms with Crippen molar-refractivity contribution in [2.24, 2.45) is 17.6 Å². The van der Waals surface area contributed by atoms with E-state index in [-0.39, 0.29) is 0 Å². The van der Waals surface area contributed by atoms with E-state index in [0.717, 1.165) is 12.5 Å². The van der Waals surface area contributed by atoms with Gasteiger partial charge in [-0.25, -0.2) is 0 Å². The van der Waals surface area contributed by atoms with E-state index in [1.807, 2.05) is 6.08 Å². The summed E-state index contributed by atoms with van der Waals surface area (Å²) in [6.07, 6.45) is 8.99. The minimum Gasteiger partial charge on any atom is -0.330 e. The summed E-state index contributed by atoms with van der Waals surface area (Å²) in [6.45, 7) is 4.61. The first-order valence-corrected chi connectivity index (χ1v) is 4.71. The molecule has 1 rings (SSSR count). The van der Waals surface area contributed by atoms with Gasteiger partial charge in [0.05, 0.1) is 0 Å². The van der Waals surface area contributed by atoms with E-state index in [2.05, 4.69) is 6.58 Å². The second-order valence-corrected chi connectivity index (χ2v) is 3.53. The number of nitrogens with two attached hydrogens (primary N) is 1. The third-order valence-corrected chi connectivity index (χ3v) is 2.83. The average Bonchev–Trinajstić information content (AvgIpc) is 2.09. The lowest BCUT2D eigenvalue weighted by molar-refractivity contribution is 0.290. The Labute approximate surface area is 69.7 Å². The SMILES string of the molecule is C=CC(CN)C1CCCCC1. The first-order chi connectivity index (χ1) is 5.38. The zero-order chi connectivity index (χ0) is 8.10. The lowest BCUT2D eigenvalue weighted by Gasteiger charge is -2.26. The summed E-state index contributed by atoms with van der Waals surface area (Å²) in [6, 6.07) is 0. The van der Waals surface area contributed by atoms with E-state index >= 15 is 0 Å². The smallest absolute Gasteiger partial charge is 0.00116 e. The van der Waals surface area contributed by atoms with Gasteiger partial charge in [-0.1, -0.05) is 25.3 Å². The lowest BCUT2D eigenvalue weighted by atomic mass is 9.80. The van der Waals surface area contributed by atoms with Gasteiger partial charge >= 0.3 is 0 Å². The molecular formula is C10H19N. The Balaban J connectivity index is 2.35. The molecule has 1 saturated carbocycles. The average molecular weight is 153 g/mol. The Hall–Kier alpha value is -0.300. The standard InChI is InChI=1S/C10H19N/c1-2-9(8-11)10-6-4-3-5-7-10/h2,9-10H,1,3-8,11H2. The number of hydrogen-bond acceptors (Lipinski definition) is 1. The number of rotatable bonds is 3. The summed E-state index contributed by atoms with van der Waals surface area (Å²) < 4.78 is 0. The molecule has 1 nitrogen and oxygen atoms in total. The van der Waals surface area contributed by atoms with Gasteiger partial charge in [0.1, 0.15) is 0 Å². The van der Waals surface area contributed by atoms with E-state index < -0.39 is 0 Å². The van der Waals surface area contributed by atoms with E-state index in [1.165, 1.54) is 32.1 Å². The van der Waals surface area contributed by atoms with Crippen molar-refractivity contribution in [2.75, 3.05) is 6.54 Å². The molecule has 1 heteroatoms. The lowest BCUT2D eigenvalue weighted by Crippen LogP contribution is -2.23. The van der Waals surface area contributed by atoms with Crippen LogP contribution in [0.4, 0.5) is 0 Å². The van der Waals surface area contributed by atoms with Crippen LogP contribution in [0.2, 0.25) is 0 Å². The third-order valence-electron chi connectivity index (χ3n) is 2.83. The summed E-state index contributed by atoms with van der Waals surface area (Å²) in [5, 5.41) is 0. The molecule has 0 aromatic rings. The second kappa shape index (κ2) is 4.55. The summed E-state index contributed by atoms with van der Waals surface area (Å²) >= 11 is 0. The van der Waals surface area contributed by atoms with Gasteiger partial charge in [-0.3, -0.25) is 0 Å². The highest BCUT2D eigenvalue weighted by Crippen LogP contribution is 2.29. The molecule has 1 atom stereocenters. The van der Waals surface area contributed by atoms with Crippen LogP contribution >= 0.6 is 0 Å². The summed E-state index contributed by atoms with van der Waals surface area (Å²) in [7, 11) is 0. The summed E-state index contributed by atoms with van der Waals surface area (Å²) in [4.78, 5) is 0. The normalized spacial score (nSPS) is 23.0. The molecule has 2 N–H and O–H groups in total. The Morgan fingerprint density at radius 1 is 1.36 bits per heavy atom. The summed E-state index contributed by atoms with van der Waals surface area (Å²) in [5.41, 5.74) is 5.64. The van der Waals surface area contributed by atoms with Crippen LogP contribution in [-0.4, -0.2) is 6.54 Å². The first kappa shape index (κ1) is 8.79. The maximum Gasteiger partial charge on any atom is -0.00116 e. The molecule has 0 saturated heterocycles. The fourth-order valence-electron chi connectivity index (χ4n) is 2.04. The Morgan fingerprint density at radius 3 is 2.45 bits per heavy atom. The molecule has 0 amide bonds. The molecule has 0 aromatic heterocycles. The molecule has 0 heterocycles. The van der Waals surface area contributed by atoms with Crippen LogP contribution in [0, 0.1) is 11.8 Å². The molecule has 0 aromatic carbocycles.